The number of hydrogen-bond donors (Lipinski definition) is 1. The van der Waals surface area contributed by atoms with Crippen LogP contribution >= 0.6 is 0 Å². The minimum atomic E-state index is -0.0651. The van der Waals surface area contributed by atoms with Gasteiger partial charge in [-0.2, -0.15) is 0 Å². The smallest absolute Gasteiger partial charge is 0.269 e. The van der Waals surface area contributed by atoms with Crippen LogP contribution in [-0.4, -0.2) is 42.5 Å². The SMILES string of the molecule is CC(C)CNC(=O)c1cc([C@@H]2CCCN(C)C2)ccn1. The summed E-state index contributed by atoms with van der Waals surface area (Å²) >= 11 is 0. The van der Waals surface area contributed by atoms with Gasteiger partial charge in [0, 0.05) is 19.3 Å². The molecular weight excluding hydrogens is 250 g/mol. The monoisotopic (exact) mass is 275 g/mol. The maximum absolute atomic E-state index is 12.1. The Bertz CT molecular complexity index is 459. The summed E-state index contributed by atoms with van der Waals surface area (Å²) in [5, 5.41) is 2.93. The van der Waals surface area contributed by atoms with Gasteiger partial charge in [-0.1, -0.05) is 13.8 Å². The van der Waals surface area contributed by atoms with Crippen molar-refractivity contribution in [2.24, 2.45) is 5.92 Å². The van der Waals surface area contributed by atoms with Crippen molar-refractivity contribution in [3.8, 4) is 0 Å². The molecule has 1 N–H and O–H groups in total. The molecule has 4 heteroatoms. The third-order valence-corrected chi connectivity index (χ3v) is 3.78. The van der Waals surface area contributed by atoms with Gasteiger partial charge in [0.15, 0.2) is 0 Å². The molecule has 1 atom stereocenters. The Balaban J connectivity index is 2.05. The van der Waals surface area contributed by atoms with Gasteiger partial charge < -0.3 is 10.2 Å². The highest BCUT2D eigenvalue weighted by molar-refractivity contribution is 5.92. The van der Waals surface area contributed by atoms with Gasteiger partial charge in [0.1, 0.15) is 5.69 Å². The molecule has 0 aliphatic carbocycles. The predicted molar refractivity (Wildman–Crippen MR) is 80.9 cm³/mol. The number of piperidine rings is 1. The molecule has 0 aromatic carbocycles. The number of hydrogen-bond acceptors (Lipinski definition) is 3. The minimum absolute atomic E-state index is 0.0651. The highest BCUT2D eigenvalue weighted by Gasteiger charge is 2.20. The molecule has 20 heavy (non-hydrogen) atoms. The van der Waals surface area contributed by atoms with E-state index in [1.165, 1.54) is 24.9 Å². The van der Waals surface area contributed by atoms with Gasteiger partial charge >= 0.3 is 0 Å². The Hall–Kier alpha value is -1.42. The summed E-state index contributed by atoms with van der Waals surface area (Å²) in [4.78, 5) is 18.6. The van der Waals surface area contributed by atoms with Gasteiger partial charge in [-0.05, 0) is 56.0 Å². The Labute approximate surface area is 121 Å². The zero-order chi connectivity index (χ0) is 14.5. The Morgan fingerprint density at radius 3 is 3.05 bits per heavy atom. The molecule has 2 heterocycles. The lowest BCUT2D eigenvalue weighted by Gasteiger charge is -2.30. The van der Waals surface area contributed by atoms with E-state index in [0.717, 1.165) is 6.54 Å². The predicted octanol–water partition coefficient (Wildman–Crippen LogP) is 2.28. The molecule has 1 aliphatic heterocycles. The van der Waals surface area contributed by atoms with Crippen molar-refractivity contribution in [2.75, 3.05) is 26.7 Å². The summed E-state index contributed by atoms with van der Waals surface area (Å²) in [5.41, 5.74) is 1.78. The van der Waals surface area contributed by atoms with Crippen LogP contribution in [0.25, 0.3) is 0 Å². The summed E-state index contributed by atoms with van der Waals surface area (Å²) in [6, 6.07) is 4.00. The van der Waals surface area contributed by atoms with Crippen LogP contribution in [0, 0.1) is 5.92 Å². The lowest BCUT2D eigenvalue weighted by molar-refractivity contribution is 0.0944. The molecular formula is C16H25N3O. The van der Waals surface area contributed by atoms with Gasteiger partial charge in [0.25, 0.3) is 5.91 Å². The molecule has 110 valence electrons. The van der Waals surface area contributed by atoms with Gasteiger partial charge in [-0.3, -0.25) is 9.78 Å². The average molecular weight is 275 g/mol. The Kier molecular flexibility index (Phi) is 5.12. The van der Waals surface area contributed by atoms with Crippen molar-refractivity contribution in [2.45, 2.75) is 32.6 Å². The Morgan fingerprint density at radius 2 is 2.35 bits per heavy atom. The number of carbonyl (C=O) groups excluding carboxylic acids is 1. The number of likely N-dealkylation sites (tertiary alicyclic amines) is 1. The van der Waals surface area contributed by atoms with Crippen LogP contribution in [0.3, 0.4) is 0 Å². The van der Waals surface area contributed by atoms with Crippen molar-refractivity contribution < 1.29 is 4.79 Å². The van der Waals surface area contributed by atoms with Crippen molar-refractivity contribution in [1.29, 1.82) is 0 Å². The lowest BCUT2D eigenvalue weighted by Crippen LogP contribution is -2.31. The van der Waals surface area contributed by atoms with E-state index in [0.29, 0.717) is 24.1 Å². The van der Waals surface area contributed by atoms with E-state index in [9.17, 15) is 4.79 Å². The van der Waals surface area contributed by atoms with Crippen LogP contribution < -0.4 is 5.32 Å². The highest BCUT2D eigenvalue weighted by atomic mass is 16.1. The fourth-order valence-electron chi connectivity index (χ4n) is 2.65. The first-order valence-corrected chi connectivity index (χ1v) is 7.49. The largest absolute Gasteiger partial charge is 0.350 e. The second kappa shape index (κ2) is 6.84. The average Bonchev–Trinajstić information content (AvgIpc) is 2.45. The van der Waals surface area contributed by atoms with E-state index in [1.54, 1.807) is 6.20 Å². The van der Waals surface area contributed by atoms with Crippen molar-refractivity contribution in [1.82, 2.24) is 15.2 Å². The first kappa shape index (κ1) is 15.0. The first-order chi connectivity index (χ1) is 9.56. The van der Waals surface area contributed by atoms with Gasteiger partial charge in [-0.25, -0.2) is 0 Å². The number of carbonyl (C=O) groups is 1. The van der Waals surface area contributed by atoms with Gasteiger partial charge in [0.05, 0.1) is 0 Å². The van der Waals surface area contributed by atoms with Crippen LogP contribution in [-0.2, 0) is 0 Å². The molecule has 4 nitrogen and oxygen atoms in total. The topological polar surface area (TPSA) is 45.2 Å². The molecule has 1 amide bonds. The van der Waals surface area contributed by atoms with E-state index in [2.05, 4.69) is 36.1 Å². The molecule has 0 unspecified atom stereocenters. The van der Waals surface area contributed by atoms with E-state index < -0.39 is 0 Å². The molecule has 1 aromatic heterocycles. The second-order valence-electron chi connectivity index (χ2n) is 6.18. The fourth-order valence-corrected chi connectivity index (χ4v) is 2.65. The maximum atomic E-state index is 12.1. The van der Waals surface area contributed by atoms with Gasteiger partial charge in [0.2, 0.25) is 0 Å². The van der Waals surface area contributed by atoms with Crippen molar-refractivity contribution in [3.63, 3.8) is 0 Å². The van der Waals surface area contributed by atoms with Crippen LogP contribution in [0.5, 0.6) is 0 Å². The third kappa shape index (κ3) is 4.04. The number of nitrogens with zero attached hydrogens (tertiary/aromatic N) is 2. The molecule has 1 fully saturated rings. The molecule has 0 spiro atoms. The fraction of sp³-hybridized carbons (Fsp3) is 0.625. The summed E-state index contributed by atoms with van der Waals surface area (Å²) < 4.78 is 0. The standard InChI is InChI=1S/C16H25N3O/c1-12(2)10-18-16(20)15-9-13(6-7-17-15)14-5-4-8-19(3)11-14/h6-7,9,12,14H,4-5,8,10-11H2,1-3H3,(H,18,20)/t14-/m1/s1. The summed E-state index contributed by atoms with van der Waals surface area (Å²) in [6.07, 6.45) is 4.17. The lowest BCUT2D eigenvalue weighted by atomic mass is 9.91. The number of amides is 1. The molecule has 0 bridgehead atoms. The van der Waals surface area contributed by atoms with Crippen LogP contribution in [0.4, 0.5) is 0 Å². The summed E-state index contributed by atoms with van der Waals surface area (Å²) in [6.45, 7) is 7.10. The highest BCUT2D eigenvalue weighted by Crippen LogP contribution is 2.26. The van der Waals surface area contributed by atoms with Crippen LogP contribution in [0.15, 0.2) is 18.3 Å². The molecule has 0 saturated carbocycles. The number of nitrogens with one attached hydrogen (secondary N) is 1. The van der Waals surface area contributed by atoms with Crippen molar-refractivity contribution >= 4 is 5.91 Å². The van der Waals surface area contributed by atoms with E-state index in [-0.39, 0.29) is 5.91 Å². The Morgan fingerprint density at radius 1 is 1.55 bits per heavy atom. The van der Waals surface area contributed by atoms with Gasteiger partial charge in [-0.15, -0.1) is 0 Å². The molecule has 1 aromatic rings. The maximum Gasteiger partial charge on any atom is 0.269 e. The minimum Gasteiger partial charge on any atom is -0.350 e. The van der Waals surface area contributed by atoms with Crippen molar-refractivity contribution in [3.05, 3.63) is 29.6 Å². The third-order valence-electron chi connectivity index (χ3n) is 3.78. The molecule has 0 radical (unpaired) electrons. The van der Waals surface area contributed by atoms with Crippen LogP contribution in [0.1, 0.15) is 48.7 Å². The zero-order valence-electron chi connectivity index (χ0n) is 12.7. The second-order valence-corrected chi connectivity index (χ2v) is 6.18. The number of rotatable bonds is 4. The van der Waals surface area contributed by atoms with E-state index >= 15 is 0 Å². The van der Waals surface area contributed by atoms with Crippen LogP contribution in [0.2, 0.25) is 0 Å². The number of likely N-dealkylation sites (N-methyl/N-ethyl adjacent to an activating group) is 1. The quantitative estimate of drug-likeness (QED) is 0.917. The summed E-state index contributed by atoms with van der Waals surface area (Å²) in [5.74, 6) is 0.909. The number of aromatic nitrogens is 1. The first-order valence-electron chi connectivity index (χ1n) is 7.49. The zero-order valence-corrected chi connectivity index (χ0v) is 12.7. The van der Waals surface area contributed by atoms with E-state index in [4.69, 9.17) is 0 Å². The molecule has 2 rings (SSSR count). The summed E-state index contributed by atoms with van der Waals surface area (Å²) in [7, 11) is 2.16. The normalized spacial score (nSPS) is 20.1. The number of pyridine rings is 1. The molecule has 1 saturated heterocycles. The van der Waals surface area contributed by atoms with E-state index in [1.807, 2.05) is 12.1 Å². The molecule has 1 aliphatic rings.